The van der Waals surface area contributed by atoms with Gasteiger partial charge in [-0.15, -0.1) is 0 Å². The van der Waals surface area contributed by atoms with E-state index >= 15 is 0 Å². The predicted octanol–water partition coefficient (Wildman–Crippen LogP) is 1.08. The highest BCUT2D eigenvalue weighted by Gasteiger charge is 2.41. The highest BCUT2D eigenvalue weighted by Crippen LogP contribution is 2.27. The van der Waals surface area contributed by atoms with E-state index < -0.39 is 23.7 Å². The van der Waals surface area contributed by atoms with Gasteiger partial charge < -0.3 is 14.9 Å². The molecule has 2 N–H and O–H groups in total. The summed E-state index contributed by atoms with van der Waals surface area (Å²) < 4.78 is 5.19. The Balaban J connectivity index is 2.72. The van der Waals surface area contributed by atoms with Gasteiger partial charge >= 0.3 is 12.1 Å². The molecule has 0 aliphatic carbocycles. The van der Waals surface area contributed by atoms with Crippen LogP contribution in [0, 0.1) is 5.92 Å². The summed E-state index contributed by atoms with van der Waals surface area (Å²) in [7, 11) is 0. The number of carbonyl (C=O) groups excluding carboxylic acids is 1. The molecular weight excluding hydrogens is 238 g/mol. The smallest absolute Gasteiger partial charge is 0.411 e. The average molecular weight is 259 g/mol. The van der Waals surface area contributed by atoms with Gasteiger partial charge in [0.2, 0.25) is 0 Å². The number of aliphatic carboxylic acids is 1. The first kappa shape index (κ1) is 14.8. The number of aliphatic hydroxyl groups excluding tert-OH is 1. The molecule has 1 aliphatic rings. The van der Waals surface area contributed by atoms with Gasteiger partial charge in [0.1, 0.15) is 11.6 Å². The second-order valence-electron chi connectivity index (χ2n) is 5.60. The monoisotopic (exact) mass is 259 g/mol. The molecule has 0 unspecified atom stereocenters. The lowest BCUT2D eigenvalue weighted by Crippen LogP contribution is -2.43. The van der Waals surface area contributed by atoms with Crippen LogP contribution >= 0.6 is 0 Å². The first-order valence-corrected chi connectivity index (χ1v) is 6.08. The number of amides is 1. The van der Waals surface area contributed by atoms with Crippen molar-refractivity contribution in [2.24, 2.45) is 5.92 Å². The van der Waals surface area contributed by atoms with E-state index in [9.17, 15) is 9.59 Å². The van der Waals surface area contributed by atoms with E-state index in [4.69, 9.17) is 14.9 Å². The van der Waals surface area contributed by atoms with Gasteiger partial charge in [-0.2, -0.15) is 0 Å². The van der Waals surface area contributed by atoms with Crippen LogP contribution in [0.25, 0.3) is 0 Å². The normalized spacial score (nSPS) is 24.1. The Labute approximate surface area is 107 Å². The fourth-order valence-corrected chi connectivity index (χ4v) is 2.07. The molecule has 1 heterocycles. The summed E-state index contributed by atoms with van der Waals surface area (Å²) in [6.07, 6.45) is 0.272. The lowest BCUT2D eigenvalue weighted by molar-refractivity contribution is -0.142. The van der Waals surface area contributed by atoms with E-state index in [0.717, 1.165) is 0 Å². The highest BCUT2D eigenvalue weighted by molar-refractivity contribution is 5.80. The average Bonchev–Trinajstić information content (AvgIpc) is 2.59. The Bertz CT molecular complexity index is 323. The summed E-state index contributed by atoms with van der Waals surface area (Å²) in [6, 6.07) is -0.851. The first-order chi connectivity index (χ1) is 8.24. The van der Waals surface area contributed by atoms with Crippen molar-refractivity contribution in [1.29, 1.82) is 0 Å². The number of carbonyl (C=O) groups is 2. The minimum Gasteiger partial charge on any atom is -0.480 e. The van der Waals surface area contributed by atoms with Gasteiger partial charge in [0, 0.05) is 13.2 Å². The van der Waals surface area contributed by atoms with E-state index in [-0.39, 0.29) is 12.5 Å². The van der Waals surface area contributed by atoms with E-state index in [2.05, 4.69) is 0 Å². The Hall–Kier alpha value is -1.30. The standard InChI is InChI=1S/C12H21NO5/c1-12(2,3)18-11(17)13-7-8(4-5-14)6-9(13)10(15)16/h8-9,14H,4-7H2,1-3H3,(H,15,16)/t8-,9-/m0/s1. The third kappa shape index (κ3) is 3.87. The number of likely N-dealkylation sites (tertiary alicyclic amines) is 1. The summed E-state index contributed by atoms with van der Waals surface area (Å²) in [5.41, 5.74) is -0.644. The number of ether oxygens (including phenoxy) is 1. The molecule has 1 fully saturated rings. The molecule has 104 valence electrons. The Morgan fingerprint density at radius 1 is 1.39 bits per heavy atom. The predicted molar refractivity (Wildman–Crippen MR) is 64.2 cm³/mol. The number of carboxylic acids is 1. The molecule has 6 heteroatoms. The number of hydrogen-bond donors (Lipinski definition) is 2. The fraction of sp³-hybridized carbons (Fsp3) is 0.833. The zero-order chi connectivity index (χ0) is 13.9. The molecule has 1 aliphatic heterocycles. The molecule has 0 aromatic rings. The maximum Gasteiger partial charge on any atom is 0.411 e. The summed E-state index contributed by atoms with van der Waals surface area (Å²) >= 11 is 0. The molecule has 6 nitrogen and oxygen atoms in total. The second-order valence-corrected chi connectivity index (χ2v) is 5.60. The highest BCUT2D eigenvalue weighted by atomic mass is 16.6. The van der Waals surface area contributed by atoms with Gasteiger partial charge in [-0.25, -0.2) is 9.59 Å². The summed E-state index contributed by atoms with van der Waals surface area (Å²) in [6.45, 7) is 5.54. The fourth-order valence-electron chi connectivity index (χ4n) is 2.07. The number of nitrogens with zero attached hydrogens (tertiary/aromatic N) is 1. The summed E-state index contributed by atoms with van der Waals surface area (Å²) in [4.78, 5) is 24.3. The van der Waals surface area contributed by atoms with Crippen LogP contribution in [0.2, 0.25) is 0 Å². The van der Waals surface area contributed by atoms with Gasteiger partial charge in [-0.3, -0.25) is 4.90 Å². The summed E-state index contributed by atoms with van der Waals surface area (Å²) in [5.74, 6) is -1.01. The number of aliphatic hydroxyl groups is 1. The molecule has 1 rings (SSSR count). The third-order valence-electron chi connectivity index (χ3n) is 2.84. The molecule has 18 heavy (non-hydrogen) atoms. The molecule has 0 saturated carbocycles. The van der Waals surface area contributed by atoms with E-state index in [1.807, 2.05) is 0 Å². The van der Waals surface area contributed by atoms with Gasteiger partial charge in [-0.05, 0) is 39.5 Å². The minimum atomic E-state index is -1.03. The van der Waals surface area contributed by atoms with Crippen LogP contribution in [-0.2, 0) is 9.53 Å². The molecule has 2 atom stereocenters. The zero-order valence-corrected chi connectivity index (χ0v) is 11.0. The largest absolute Gasteiger partial charge is 0.480 e. The van der Waals surface area contributed by atoms with Crippen LogP contribution in [0.3, 0.4) is 0 Å². The van der Waals surface area contributed by atoms with Crippen molar-refractivity contribution in [2.75, 3.05) is 13.2 Å². The van der Waals surface area contributed by atoms with Crippen LogP contribution in [0.4, 0.5) is 4.79 Å². The molecule has 0 aromatic heterocycles. The number of carboxylic acid groups (broad SMARTS) is 1. The third-order valence-corrected chi connectivity index (χ3v) is 2.84. The van der Waals surface area contributed by atoms with Crippen molar-refractivity contribution in [3.63, 3.8) is 0 Å². The van der Waals surface area contributed by atoms with Crippen LogP contribution < -0.4 is 0 Å². The maximum absolute atomic E-state index is 11.9. The topological polar surface area (TPSA) is 87.1 Å². The minimum absolute atomic E-state index is 0.000829. The van der Waals surface area contributed by atoms with Crippen LogP contribution in [0.5, 0.6) is 0 Å². The molecule has 0 aromatic carbocycles. The Morgan fingerprint density at radius 2 is 2.00 bits per heavy atom. The maximum atomic E-state index is 11.9. The van der Waals surface area contributed by atoms with Gasteiger partial charge in [0.05, 0.1) is 0 Å². The van der Waals surface area contributed by atoms with Gasteiger partial charge in [0.15, 0.2) is 0 Å². The zero-order valence-electron chi connectivity index (χ0n) is 11.0. The molecule has 0 bridgehead atoms. The van der Waals surface area contributed by atoms with Crippen LogP contribution in [0.15, 0.2) is 0 Å². The lowest BCUT2D eigenvalue weighted by atomic mass is 10.0. The number of rotatable bonds is 3. The summed E-state index contributed by atoms with van der Waals surface area (Å²) in [5, 5.41) is 18.0. The van der Waals surface area contributed by atoms with Crippen molar-refractivity contribution in [2.45, 2.75) is 45.3 Å². The Kier molecular flexibility index (Phi) is 4.56. The Morgan fingerprint density at radius 3 is 2.44 bits per heavy atom. The van der Waals surface area contributed by atoms with Crippen molar-refractivity contribution in [3.8, 4) is 0 Å². The molecular formula is C12H21NO5. The van der Waals surface area contributed by atoms with Crippen LogP contribution in [0.1, 0.15) is 33.6 Å². The van der Waals surface area contributed by atoms with E-state index in [1.165, 1.54) is 4.90 Å². The molecule has 1 saturated heterocycles. The van der Waals surface area contributed by atoms with Gasteiger partial charge in [0.25, 0.3) is 0 Å². The lowest BCUT2D eigenvalue weighted by Gasteiger charge is -2.26. The molecule has 0 radical (unpaired) electrons. The van der Waals surface area contributed by atoms with Gasteiger partial charge in [-0.1, -0.05) is 0 Å². The van der Waals surface area contributed by atoms with E-state index in [1.54, 1.807) is 20.8 Å². The second kappa shape index (κ2) is 5.56. The molecule has 0 spiro atoms. The number of hydrogen-bond acceptors (Lipinski definition) is 4. The quantitative estimate of drug-likeness (QED) is 0.792. The SMILES string of the molecule is CC(C)(C)OC(=O)N1C[C@@H](CCO)C[C@H]1C(=O)O. The first-order valence-electron chi connectivity index (χ1n) is 6.08. The van der Waals surface area contributed by atoms with E-state index in [0.29, 0.717) is 19.4 Å². The molecule has 1 amide bonds. The van der Waals surface area contributed by atoms with Crippen molar-refractivity contribution < 1.29 is 24.5 Å². The van der Waals surface area contributed by atoms with Crippen molar-refractivity contribution in [3.05, 3.63) is 0 Å². The van der Waals surface area contributed by atoms with Crippen molar-refractivity contribution in [1.82, 2.24) is 4.90 Å². The van der Waals surface area contributed by atoms with Crippen LogP contribution in [-0.4, -0.2) is 52.0 Å². The van der Waals surface area contributed by atoms with Crippen molar-refractivity contribution >= 4 is 12.1 Å².